The molecule has 0 unspecified atom stereocenters. The Kier molecular flexibility index (Phi) is 6.70. The predicted molar refractivity (Wildman–Crippen MR) is 144 cm³/mol. The summed E-state index contributed by atoms with van der Waals surface area (Å²) in [6.45, 7) is 6.61. The van der Waals surface area contributed by atoms with E-state index in [1.807, 2.05) is 25.8 Å². The van der Waals surface area contributed by atoms with Gasteiger partial charge in [-0.2, -0.15) is 0 Å². The van der Waals surface area contributed by atoms with Crippen LogP contribution in [0.1, 0.15) is 38.4 Å². The molecule has 0 saturated carbocycles. The fourth-order valence-electron chi connectivity index (χ4n) is 4.94. The minimum atomic E-state index is -3.75. The number of nitrogens with one attached hydrogen (secondary N) is 2. The summed E-state index contributed by atoms with van der Waals surface area (Å²) in [5, 5.41) is 2.78. The van der Waals surface area contributed by atoms with E-state index >= 15 is 0 Å². The molecular weight excluding hydrogens is 507 g/mol. The molecule has 5 rings (SSSR count). The van der Waals surface area contributed by atoms with E-state index in [0.29, 0.717) is 52.4 Å². The van der Waals surface area contributed by atoms with Crippen molar-refractivity contribution in [3.63, 3.8) is 0 Å². The Balaban J connectivity index is 1.46. The average molecular weight is 537 g/mol. The molecule has 3 aromatic rings. The molecule has 2 aromatic carbocycles. The zero-order valence-corrected chi connectivity index (χ0v) is 22.3. The number of H-pyrrole nitrogens is 1. The van der Waals surface area contributed by atoms with Crippen molar-refractivity contribution in [1.82, 2.24) is 14.8 Å². The van der Waals surface area contributed by atoms with Crippen LogP contribution in [-0.2, 0) is 20.4 Å². The van der Waals surface area contributed by atoms with Crippen LogP contribution in [0.3, 0.4) is 0 Å². The van der Waals surface area contributed by atoms with Crippen LogP contribution < -0.4 is 5.32 Å². The Bertz CT molecular complexity index is 1570. The van der Waals surface area contributed by atoms with Crippen molar-refractivity contribution in [3.05, 3.63) is 81.9 Å². The lowest BCUT2D eigenvalue weighted by atomic mass is 10.0. The summed E-state index contributed by atoms with van der Waals surface area (Å²) in [6, 6.07) is 9.83. The van der Waals surface area contributed by atoms with Gasteiger partial charge in [-0.25, -0.2) is 12.8 Å². The minimum Gasteiger partial charge on any atom is -0.358 e. The molecule has 198 valence electrons. The number of carbonyl (C=O) groups is 2. The number of anilines is 1. The number of aromatic amines is 1. The van der Waals surface area contributed by atoms with Crippen LogP contribution >= 0.6 is 0 Å². The maximum atomic E-state index is 13.3. The number of likely N-dealkylation sites (N-methyl/N-ethyl adjacent to an activating group) is 1. The van der Waals surface area contributed by atoms with Crippen molar-refractivity contribution in [2.75, 3.05) is 38.5 Å². The number of halogens is 1. The molecule has 0 spiro atoms. The van der Waals surface area contributed by atoms with Crippen molar-refractivity contribution >= 4 is 39.0 Å². The second kappa shape index (κ2) is 9.85. The number of piperazine rings is 1. The van der Waals surface area contributed by atoms with E-state index in [9.17, 15) is 22.4 Å². The first kappa shape index (κ1) is 25.9. The van der Waals surface area contributed by atoms with Crippen LogP contribution in [0.25, 0.3) is 11.6 Å². The molecule has 1 saturated heterocycles. The lowest BCUT2D eigenvalue weighted by molar-refractivity contribution is -0.110. The Morgan fingerprint density at radius 2 is 1.74 bits per heavy atom. The molecular formula is C28H29FN4O4S. The van der Waals surface area contributed by atoms with Crippen LogP contribution in [0, 0.1) is 19.7 Å². The highest BCUT2D eigenvalue weighted by molar-refractivity contribution is 7.90. The largest absolute Gasteiger partial charge is 0.358 e. The molecule has 10 heteroatoms. The van der Waals surface area contributed by atoms with Crippen molar-refractivity contribution in [2.45, 2.75) is 24.5 Å². The van der Waals surface area contributed by atoms with E-state index in [0.717, 1.165) is 18.7 Å². The quantitative estimate of drug-likeness (QED) is 0.485. The third kappa shape index (κ3) is 4.89. The Hall–Kier alpha value is -3.76. The second-order valence-electron chi connectivity index (χ2n) is 9.86. The molecule has 2 aliphatic rings. The van der Waals surface area contributed by atoms with Crippen LogP contribution in [0.4, 0.5) is 10.1 Å². The number of benzene rings is 2. The summed E-state index contributed by atoms with van der Waals surface area (Å²) in [6.07, 6.45) is 1.67. The topological polar surface area (TPSA) is 103 Å². The van der Waals surface area contributed by atoms with Crippen molar-refractivity contribution in [1.29, 1.82) is 0 Å². The first-order chi connectivity index (χ1) is 18.0. The minimum absolute atomic E-state index is 0.0422. The highest BCUT2D eigenvalue weighted by Gasteiger charge is 2.29. The van der Waals surface area contributed by atoms with E-state index in [4.69, 9.17) is 0 Å². The van der Waals surface area contributed by atoms with E-state index in [1.54, 1.807) is 12.1 Å². The average Bonchev–Trinajstić information content (AvgIpc) is 3.34. The summed E-state index contributed by atoms with van der Waals surface area (Å²) < 4.78 is 39.5. The summed E-state index contributed by atoms with van der Waals surface area (Å²) in [5.74, 6) is -1.13. The van der Waals surface area contributed by atoms with E-state index in [-0.39, 0.29) is 22.5 Å². The summed E-state index contributed by atoms with van der Waals surface area (Å²) in [7, 11) is -1.72. The fourth-order valence-corrected chi connectivity index (χ4v) is 6.31. The van der Waals surface area contributed by atoms with Gasteiger partial charge >= 0.3 is 0 Å². The molecule has 0 atom stereocenters. The number of aryl methyl sites for hydroxylation is 1. The van der Waals surface area contributed by atoms with E-state index in [2.05, 4.69) is 15.2 Å². The van der Waals surface area contributed by atoms with Gasteiger partial charge in [0.25, 0.3) is 11.8 Å². The number of hydrogen-bond acceptors (Lipinski definition) is 5. The monoisotopic (exact) mass is 536 g/mol. The third-order valence-electron chi connectivity index (χ3n) is 7.17. The second-order valence-corrected chi connectivity index (χ2v) is 11.9. The Labute approximate surface area is 221 Å². The number of amides is 2. The number of aromatic nitrogens is 1. The van der Waals surface area contributed by atoms with Gasteiger partial charge in [-0.1, -0.05) is 12.1 Å². The maximum absolute atomic E-state index is 13.3. The molecule has 0 bridgehead atoms. The standard InChI is InChI=1S/C28H29FN4O4S/c1-17-25(30-18(2)26(17)28(35)33-12-10-32(3)11-13-33)15-23-22-14-21(8-9-24(22)31-27(23)34)38(36,37)16-19-4-6-20(29)7-5-19/h4-9,14-15,30H,10-13,16H2,1-3H3,(H,31,34). The first-order valence-corrected chi connectivity index (χ1v) is 14.0. The number of rotatable bonds is 5. The maximum Gasteiger partial charge on any atom is 0.256 e. The normalized spacial score (nSPS) is 17.1. The van der Waals surface area contributed by atoms with Gasteiger partial charge in [0, 0.05) is 48.8 Å². The molecule has 0 aliphatic carbocycles. The van der Waals surface area contributed by atoms with Crippen LogP contribution in [0.5, 0.6) is 0 Å². The fraction of sp³-hybridized carbons (Fsp3) is 0.286. The van der Waals surface area contributed by atoms with Crippen molar-refractivity contribution in [2.24, 2.45) is 0 Å². The van der Waals surface area contributed by atoms with Crippen molar-refractivity contribution < 1.29 is 22.4 Å². The molecule has 2 aliphatic heterocycles. The predicted octanol–water partition coefficient (Wildman–Crippen LogP) is 3.62. The SMILES string of the molecule is Cc1[nH]c(C=C2C(=O)Nc3ccc(S(=O)(=O)Cc4ccc(F)cc4)cc32)c(C)c1C(=O)N1CCN(C)CC1. The molecule has 0 radical (unpaired) electrons. The molecule has 8 nitrogen and oxygen atoms in total. The zero-order valence-electron chi connectivity index (χ0n) is 21.5. The van der Waals surface area contributed by atoms with Gasteiger partial charge < -0.3 is 20.1 Å². The van der Waals surface area contributed by atoms with Gasteiger partial charge in [0.2, 0.25) is 0 Å². The van der Waals surface area contributed by atoms with Crippen molar-refractivity contribution in [3.8, 4) is 0 Å². The molecule has 38 heavy (non-hydrogen) atoms. The van der Waals surface area contributed by atoms with Gasteiger partial charge in [0.1, 0.15) is 5.82 Å². The van der Waals surface area contributed by atoms with Crippen LogP contribution in [0.15, 0.2) is 47.4 Å². The third-order valence-corrected chi connectivity index (χ3v) is 8.86. The van der Waals surface area contributed by atoms with Gasteiger partial charge in [-0.15, -0.1) is 0 Å². The zero-order chi connectivity index (χ0) is 27.2. The highest BCUT2D eigenvalue weighted by Crippen LogP contribution is 2.36. The Morgan fingerprint density at radius 3 is 2.42 bits per heavy atom. The summed E-state index contributed by atoms with van der Waals surface area (Å²) in [5.41, 5.74) is 4.42. The number of fused-ring (bicyclic) bond motifs is 1. The number of sulfone groups is 1. The lowest BCUT2D eigenvalue weighted by Crippen LogP contribution is -2.47. The number of carbonyl (C=O) groups excluding carboxylic acids is 2. The number of nitrogens with zero attached hydrogens (tertiary/aromatic N) is 2. The van der Waals surface area contributed by atoms with E-state index in [1.165, 1.54) is 36.4 Å². The molecule has 1 fully saturated rings. The van der Waals surface area contributed by atoms with Crippen LogP contribution in [-0.4, -0.2) is 68.2 Å². The molecule has 3 heterocycles. The lowest BCUT2D eigenvalue weighted by Gasteiger charge is -2.32. The number of hydrogen-bond donors (Lipinski definition) is 2. The molecule has 2 amide bonds. The smallest absolute Gasteiger partial charge is 0.256 e. The van der Waals surface area contributed by atoms with Crippen LogP contribution in [0.2, 0.25) is 0 Å². The van der Waals surface area contributed by atoms with Gasteiger partial charge in [0.05, 0.1) is 21.8 Å². The Morgan fingerprint density at radius 1 is 1.05 bits per heavy atom. The molecule has 2 N–H and O–H groups in total. The van der Waals surface area contributed by atoms with Gasteiger partial charge in [-0.3, -0.25) is 9.59 Å². The first-order valence-electron chi connectivity index (χ1n) is 12.3. The summed E-state index contributed by atoms with van der Waals surface area (Å²) in [4.78, 5) is 33.5. The highest BCUT2D eigenvalue weighted by atomic mass is 32.2. The van der Waals surface area contributed by atoms with Gasteiger partial charge in [-0.05, 0) is 68.4 Å². The van der Waals surface area contributed by atoms with E-state index < -0.39 is 15.7 Å². The molecule has 1 aromatic heterocycles. The summed E-state index contributed by atoms with van der Waals surface area (Å²) >= 11 is 0. The van der Waals surface area contributed by atoms with Gasteiger partial charge in [0.15, 0.2) is 9.84 Å².